The number of hydrogen-bond donors (Lipinski definition) is 0. The van der Waals surface area contributed by atoms with Crippen LogP contribution in [0, 0.1) is 5.41 Å². The van der Waals surface area contributed by atoms with Crippen LogP contribution in [0.3, 0.4) is 0 Å². The maximum atomic E-state index is 12.9. The van der Waals surface area contributed by atoms with Crippen LogP contribution < -0.4 is 4.90 Å². The van der Waals surface area contributed by atoms with Crippen LogP contribution in [0.1, 0.15) is 17.5 Å². The third-order valence-corrected chi connectivity index (χ3v) is 6.97. The minimum absolute atomic E-state index is 0.250. The van der Waals surface area contributed by atoms with Gasteiger partial charge in [-0.1, -0.05) is 18.2 Å². The van der Waals surface area contributed by atoms with E-state index >= 15 is 0 Å². The fourth-order valence-corrected chi connectivity index (χ4v) is 5.25. The van der Waals surface area contributed by atoms with Gasteiger partial charge in [0.15, 0.2) is 0 Å². The Labute approximate surface area is 162 Å². The molecule has 1 unspecified atom stereocenters. The molecule has 2 aliphatic heterocycles. The Hall–Kier alpha value is -2.06. The number of para-hydroxylation sites is 1. The van der Waals surface area contributed by atoms with Gasteiger partial charge in [0.25, 0.3) is 0 Å². The third kappa shape index (κ3) is 3.51. The van der Waals surface area contributed by atoms with E-state index in [1.54, 1.807) is 0 Å². The van der Waals surface area contributed by atoms with Gasteiger partial charge < -0.3 is 4.90 Å². The number of sulfonamides is 1. The fourth-order valence-electron chi connectivity index (χ4n) is 4.32. The minimum Gasteiger partial charge on any atom is -0.341 e. The highest BCUT2D eigenvalue weighted by Gasteiger charge is 2.45. The summed E-state index contributed by atoms with van der Waals surface area (Å²) in [6, 6.07) is 13.0. The highest BCUT2D eigenvalue weighted by molar-refractivity contribution is 7.88. The van der Waals surface area contributed by atoms with Crippen molar-refractivity contribution in [3.05, 3.63) is 59.7 Å². The van der Waals surface area contributed by atoms with Gasteiger partial charge in [0.05, 0.1) is 11.8 Å². The van der Waals surface area contributed by atoms with Crippen molar-refractivity contribution in [2.24, 2.45) is 5.41 Å². The second kappa shape index (κ2) is 6.49. The summed E-state index contributed by atoms with van der Waals surface area (Å²) in [5.41, 5.74) is 1.80. The van der Waals surface area contributed by atoms with E-state index in [1.165, 1.54) is 22.7 Å². The van der Waals surface area contributed by atoms with E-state index < -0.39 is 21.8 Å². The van der Waals surface area contributed by atoms with Gasteiger partial charge in [-0.05, 0) is 48.7 Å². The highest BCUT2D eigenvalue weighted by Crippen LogP contribution is 2.46. The van der Waals surface area contributed by atoms with E-state index in [0.29, 0.717) is 25.3 Å². The largest absolute Gasteiger partial charge is 0.416 e. The Balaban J connectivity index is 1.71. The van der Waals surface area contributed by atoms with Crippen LogP contribution in [0.4, 0.5) is 24.5 Å². The quantitative estimate of drug-likeness (QED) is 0.750. The molecule has 1 fully saturated rings. The van der Waals surface area contributed by atoms with Crippen LogP contribution in [0.2, 0.25) is 0 Å². The smallest absolute Gasteiger partial charge is 0.341 e. The van der Waals surface area contributed by atoms with Crippen molar-refractivity contribution in [1.29, 1.82) is 0 Å². The third-order valence-electron chi connectivity index (χ3n) is 5.72. The summed E-state index contributed by atoms with van der Waals surface area (Å²) >= 11 is 0. The van der Waals surface area contributed by atoms with Crippen LogP contribution in [0.25, 0.3) is 0 Å². The van der Waals surface area contributed by atoms with Gasteiger partial charge in [-0.15, -0.1) is 0 Å². The number of benzene rings is 2. The zero-order chi connectivity index (χ0) is 20.2. The molecule has 1 atom stereocenters. The van der Waals surface area contributed by atoms with E-state index in [1.807, 2.05) is 29.2 Å². The zero-order valence-electron chi connectivity index (χ0n) is 15.4. The number of rotatable bonds is 2. The maximum Gasteiger partial charge on any atom is 0.416 e. The van der Waals surface area contributed by atoms with Gasteiger partial charge in [-0.3, -0.25) is 0 Å². The molecule has 2 heterocycles. The SMILES string of the molecule is CS(=O)(=O)N1CCC2(Cc3ccccc3N(c3ccc(C(F)(F)F)cc3)C2)C1. The fraction of sp³-hybridized carbons (Fsp3) is 0.400. The first-order valence-corrected chi connectivity index (χ1v) is 10.9. The summed E-state index contributed by atoms with van der Waals surface area (Å²) in [7, 11) is -3.27. The van der Waals surface area contributed by atoms with Crippen LogP contribution in [-0.2, 0) is 22.6 Å². The molecule has 0 radical (unpaired) electrons. The Morgan fingerprint density at radius 1 is 1.00 bits per heavy atom. The molecule has 2 aromatic rings. The lowest BCUT2D eigenvalue weighted by molar-refractivity contribution is -0.137. The van der Waals surface area contributed by atoms with Gasteiger partial charge in [-0.25, -0.2) is 12.7 Å². The molecular weight excluding hydrogens is 389 g/mol. The van der Waals surface area contributed by atoms with Gasteiger partial charge in [0, 0.05) is 36.4 Å². The topological polar surface area (TPSA) is 40.6 Å². The first-order chi connectivity index (χ1) is 13.1. The van der Waals surface area contributed by atoms with Gasteiger partial charge in [0.2, 0.25) is 10.0 Å². The van der Waals surface area contributed by atoms with Crippen molar-refractivity contribution >= 4 is 21.4 Å². The van der Waals surface area contributed by atoms with Gasteiger partial charge >= 0.3 is 6.18 Å². The van der Waals surface area contributed by atoms with E-state index in [2.05, 4.69) is 0 Å². The Morgan fingerprint density at radius 3 is 2.29 bits per heavy atom. The highest BCUT2D eigenvalue weighted by atomic mass is 32.2. The molecule has 0 aliphatic carbocycles. The standard InChI is InChI=1S/C20H21F3N2O2S/c1-28(26,27)24-11-10-19(13-24)12-15-4-2-3-5-18(15)25(14-19)17-8-6-16(7-9-17)20(21,22)23/h2-9H,10-14H2,1H3. The Kier molecular flexibility index (Phi) is 4.46. The van der Waals surface area contributed by atoms with Crippen molar-refractivity contribution in [3.63, 3.8) is 0 Å². The predicted molar refractivity (Wildman–Crippen MR) is 102 cm³/mol. The average molecular weight is 410 g/mol. The second-order valence-electron chi connectivity index (χ2n) is 7.78. The molecular formula is C20H21F3N2O2S. The molecule has 0 amide bonds. The molecule has 8 heteroatoms. The maximum absolute atomic E-state index is 12.9. The predicted octanol–water partition coefficient (Wildman–Crippen LogP) is 4.05. The summed E-state index contributed by atoms with van der Waals surface area (Å²) in [6.07, 6.45) is -1.67. The van der Waals surface area contributed by atoms with Crippen molar-refractivity contribution in [2.45, 2.75) is 19.0 Å². The van der Waals surface area contributed by atoms with Crippen LogP contribution in [0.5, 0.6) is 0 Å². The molecule has 4 nitrogen and oxygen atoms in total. The van der Waals surface area contributed by atoms with Gasteiger partial charge in [-0.2, -0.15) is 13.2 Å². The molecule has 4 rings (SSSR count). The van der Waals surface area contributed by atoms with E-state index in [4.69, 9.17) is 0 Å². The van der Waals surface area contributed by atoms with Gasteiger partial charge in [0.1, 0.15) is 0 Å². The number of anilines is 2. The van der Waals surface area contributed by atoms with Crippen LogP contribution >= 0.6 is 0 Å². The summed E-state index contributed by atoms with van der Waals surface area (Å²) < 4.78 is 64.3. The lowest BCUT2D eigenvalue weighted by atomic mass is 9.77. The normalized spacial score (nSPS) is 23.2. The average Bonchev–Trinajstić information content (AvgIpc) is 3.04. The van der Waals surface area contributed by atoms with Crippen molar-refractivity contribution < 1.29 is 21.6 Å². The van der Waals surface area contributed by atoms with Crippen LogP contribution in [-0.4, -0.2) is 38.6 Å². The molecule has 0 saturated carbocycles. The number of halogens is 3. The van der Waals surface area contributed by atoms with E-state index in [9.17, 15) is 21.6 Å². The number of alkyl halides is 3. The molecule has 2 aromatic carbocycles. The number of hydrogen-bond acceptors (Lipinski definition) is 3. The minimum atomic E-state index is -4.37. The van der Waals surface area contributed by atoms with E-state index in [0.717, 1.165) is 36.2 Å². The molecule has 28 heavy (non-hydrogen) atoms. The van der Waals surface area contributed by atoms with Crippen molar-refractivity contribution in [3.8, 4) is 0 Å². The Bertz CT molecular complexity index is 989. The number of fused-ring (bicyclic) bond motifs is 1. The Morgan fingerprint density at radius 2 is 1.68 bits per heavy atom. The zero-order valence-corrected chi connectivity index (χ0v) is 16.2. The molecule has 1 saturated heterocycles. The second-order valence-corrected chi connectivity index (χ2v) is 9.77. The molecule has 1 spiro atoms. The summed E-state index contributed by atoms with van der Waals surface area (Å²) in [5.74, 6) is 0. The molecule has 150 valence electrons. The summed E-state index contributed by atoms with van der Waals surface area (Å²) in [5, 5.41) is 0. The monoisotopic (exact) mass is 410 g/mol. The molecule has 0 aromatic heterocycles. The number of nitrogens with zero attached hydrogens (tertiary/aromatic N) is 2. The lowest BCUT2D eigenvalue weighted by Crippen LogP contribution is -2.44. The van der Waals surface area contributed by atoms with Crippen molar-refractivity contribution in [2.75, 3.05) is 30.8 Å². The lowest BCUT2D eigenvalue weighted by Gasteiger charge is -2.42. The molecule has 0 bridgehead atoms. The molecule has 0 N–H and O–H groups in total. The van der Waals surface area contributed by atoms with Crippen molar-refractivity contribution in [1.82, 2.24) is 4.31 Å². The summed E-state index contributed by atoms with van der Waals surface area (Å²) in [6.45, 7) is 1.47. The molecule has 2 aliphatic rings. The van der Waals surface area contributed by atoms with Crippen LogP contribution in [0.15, 0.2) is 48.5 Å². The first kappa shape index (κ1) is 19.3. The first-order valence-electron chi connectivity index (χ1n) is 9.05. The van der Waals surface area contributed by atoms with E-state index in [-0.39, 0.29) is 5.41 Å². The summed E-state index contributed by atoms with van der Waals surface area (Å²) in [4.78, 5) is 2.02.